The zero-order chi connectivity index (χ0) is 21.5. The maximum Gasteiger partial charge on any atom is 0.320 e. The van der Waals surface area contributed by atoms with Crippen LogP contribution < -0.4 is 10.6 Å². The smallest absolute Gasteiger partial charge is 0.320 e. The summed E-state index contributed by atoms with van der Waals surface area (Å²) in [6.45, 7) is 11.0. The Kier molecular flexibility index (Phi) is 8.67. The van der Waals surface area contributed by atoms with Crippen molar-refractivity contribution in [3.63, 3.8) is 0 Å². The summed E-state index contributed by atoms with van der Waals surface area (Å²) in [5.74, 6) is -0.437. The van der Waals surface area contributed by atoms with Crippen molar-refractivity contribution >= 4 is 39.4 Å². The van der Waals surface area contributed by atoms with E-state index in [1.807, 2.05) is 26.0 Å². The summed E-state index contributed by atoms with van der Waals surface area (Å²) in [6.07, 6.45) is 0.463. The van der Waals surface area contributed by atoms with Crippen molar-refractivity contribution < 1.29 is 19.1 Å². The van der Waals surface area contributed by atoms with Gasteiger partial charge in [-0.2, -0.15) is 0 Å². The normalized spacial score (nSPS) is 13.6. The number of anilines is 1. The molecule has 0 saturated carbocycles. The quantitative estimate of drug-likeness (QED) is 0.537. The molecule has 0 radical (unpaired) electrons. The number of urea groups is 1. The Morgan fingerprint density at radius 3 is 2.11 bits per heavy atom. The Bertz CT molecular complexity index is 695. The molecule has 156 valence electrons. The van der Waals surface area contributed by atoms with Crippen LogP contribution in [0, 0.1) is 5.92 Å². The topological polar surface area (TPSA) is 84.5 Å². The van der Waals surface area contributed by atoms with E-state index in [-0.39, 0.29) is 24.5 Å². The number of amides is 2. The first-order valence-electron chi connectivity index (χ1n) is 9.40. The molecule has 0 aromatic heterocycles. The van der Waals surface area contributed by atoms with Gasteiger partial charge in [-0.05, 0) is 64.3 Å². The molecule has 28 heavy (non-hydrogen) atoms. The fourth-order valence-electron chi connectivity index (χ4n) is 2.88. The molecule has 0 fully saturated rings. The Hall–Kier alpha value is -1.89. The zero-order valence-electron chi connectivity index (χ0n) is 17.5. The van der Waals surface area contributed by atoms with Gasteiger partial charge in [0.2, 0.25) is 0 Å². The molecular weight excluding hydrogens is 424 g/mol. The first-order chi connectivity index (χ1) is 12.8. The Labute approximate surface area is 175 Å². The number of Topliss-reactive ketones (excluding diaryl/α,β-unsaturated/α-hetero) is 1. The van der Waals surface area contributed by atoms with Crippen molar-refractivity contribution in [1.29, 1.82) is 0 Å². The number of ether oxygens (including phenoxy) is 1. The average Bonchev–Trinajstić information content (AvgIpc) is 2.52. The largest absolute Gasteiger partial charge is 0.460 e. The third-order valence-corrected chi connectivity index (χ3v) is 4.43. The SMILES string of the molecule is CC(C)CC(C)(NC(=O)Nc1ccc(Br)cc1)C(=O)CCC(=O)OC(C)(C)C. The minimum absolute atomic E-state index is 0.0106. The lowest BCUT2D eigenvalue weighted by Gasteiger charge is -2.31. The van der Waals surface area contributed by atoms with Gasteiger partial charge < -0.3 is 15.4 Å². The average molecular weight is 455 g/mol. The Morgan fingerprint density at radius 2 is 1.61 bits per heavy atom. The second-order valence-corrected chi connectivity index (χ2v) is 9.44. The van der Waals surface area contributed by atoms with Crippen LogP contribution in [0.2, 0.25) is 0 Å². The lowest BCUT2D eigenvalue weighted by molar-refractivity contribution is -0.155. The van der Waals surface area contributed by atoms with E-state index in [0.29, 0.717) is 12.1 Å². The van der Waals surface area contributed by atoms with Crippen LogP contribution in [0.25, 0.3) is 0 Å². The van der Waals surface area contributed by atoms with Crippen molar-refractivity contribution in [2.45, 2.75) is 71.9 Å². The van der Waals surface area contributed by atoms with Crippen LogP contribution in [0.1, 0.15) is 60.8 Å². The molecule has 0 bridgehead atoms. The van der Waals surface area contributed by atoms with Crippen LogP contribution >= 0.6 is 15.9 Å². The molecule has 1 aromatic rings. The number of rotatable bonds is 8. The third kappa shape index (κ3) is 8.87. The summed E-state index contributed by atoms with van der Waals surface area (Å²) in [6, 6.07) is 6.68. The second-order valence-electron chi connectivity index (χ2n) is 8.53. The molecule has 1 rings (SSSR count). The summed E-state index contributed by atoms with van der Waals surface area (Å²) in [5, 5.41) is 5.53. The van der Waals surface area contributed by atoms with Crippen molar-refractivity contribution in [2.24, 2.45) is 5.92 Å². The van der Waals surface area contributed by atoms with Crippen LogP contribution in [-0.2, 0) is 14.3 Å². The number of hydrogen-bond acceptors (Lipinski definition) is 4. The van der Waals surface area contributed by atoms with Crippen LogP contribution in [-0.4, -0.2) is 28.9 Å². The highest BCUT2D eigenvalue weighted by molar-refractivity contribution is 9.10. The number of benzene rings is 1. The van der Waals surface area contributed by atoms with Gasteiger partial charge in [0.05, 0.1) is 12.0 Å². The predicted molar refractivity (Wildman–Crippen MR) is 114 cm³/mol. The van der Waals surface area contributed by atoms with E-state index in [1.54, 1.807) is 39.8 Å². The van der Waals surface area contributed by atoms with Crippen LogP contribution in [0.5, 0.6) is 0 Å². The first kappa shape index (κ1) is 24.1. The van der Waals surface area contributed by atoms with Gasteiger partial charge in [-0.1, -0.05) is 29.8 Å². The fraction of sp³-hybridized carbons (Fsp3) is 0.571. The number of halogens is 1. The maximum absolute atomic E-state index is 12.8. The Morgan fingerprint density at radius 1 is 1.04 bits per heavy atom. The van der Waals surface area contributed by atoms with Gasteiger partial charge in [-0.15, -0.1) is 0 Å². The monoisotopic (exact) mass is 454 g/mol. The number of carbonyl (C=O) groups excluding carboxylic acids is 3. The highest BCUT2D eigenvalue weighted by Crippen LogP contribution is 2.22. The lowest BCUT2D eigenvalue weighted by atomic mass is 9.85. The van der Waals surface area contributed by atoms with Crippen molar-refractivity contribution in [2.75, 3.05) is 5.32 Å². The molecule has 0 aliphatic heterocycles. The van der Waals surface area contributed by atoms with E-state index in [1.165, 1.54) is 0 Å². The van der Waals surface area contributed by atoms with E-state index in [9.17, 15) is 14.4 Å². The molecule has 1 atom stereocenters. The number of nitrogens with one attached hydrogen (secondary N) is 2. The van der Waals surface area contributed by atoms with Gasteiger partial charge >= 0.3 is 12.0 Å². The number of carbonyl (C=O) groups is 3. The molecular formula is C21H31BrN2O4. The molecule has 0 spiro atoms. The van der Waals surface area contributed by atoms with Gasteiger partial charge in [-0.3, -0.25) is 9.59 Å². The summed E-state index contributed by atoms with van der Waals surface area (Å²) in [5.41, 5.74) is -1.05. The van der Waals surface area contributed by atoms with Gasteiger partial charge in [0, 0.05) is 16.6 Å². The number of esters is 1. The lowest BCUT2D eigenvalue weighted by Crippen LogP contribution is -2.54. The first-order valence-corrected chi connectivity index (χ1v) is 10.2. The fourth-order valence-corrected chi connectivity index (χ4v) is 3.15. The molecule has 0 heterocycles. The van der Waals surface area contributed by atoms with E-state index < -0.39 is 23.1 Å². The molecule has 0 saturated heterocycles. The van der Waals surface area contributed by atoms with Gasteiger partial charge in [0.25, 0.3) is 0 Å². The molecule has 6 nitrogen and oxygen atoms in total. The van der Waals surface area contributed by atoms with Crippen LogP contribution in [0.15, 0.2) is 28.7 Å². The molecule has 1 unspecified atom stereocenters. The summed E-state index contributed by atoms with van der Waals surface area (Å²) in [4.78, 5) is 37.2. The highest BCUT2D eigenvalue weighted by Gasteiger charge is 2.35. The van der Waals surface area contributed by atoms with E-state index in [2.05, 4.69) is 26.6 Å². The van der Waals surface area contributed by atoms with Gasteiger partial charge in [-0.25, -0.2) is 4.79 Å². The number of hydrogen-bond donors (Lipinski definition) is 2. The summed E-state index contributed by atoms with van der Waals surface area (Å²) < 4.78 is 6.16. The van der Waals surface area contributed by atoms with Gasteiger partial charge in [0.1, 0.15) is 5.60 Å². The highest BCUT2D eigenvalue weighted by atomic mass is 79.9. The molecule has 1 aromatic carbocycles. The number of ketones is 1. The van der Waals surface area contributed by atoms with Crippen molar-refractivity contribution in [1.82, 2.24) is 5.32 Å². The van der Waals surface area contributed by atoms with Crippen molar-refractivity contribution in [3.05, 3.63) is 28.7 Å². The minimum atomic E-state index is -1.07. The standard InChI is InChI=1S/C21H31BrN2O4/c1-14(2)13-21(6,17(25)11-12-18(26)28-20(3,4)5)24-19(27)23-16-9-7-15(22)8-10-16/h7-10,14H,11-13H2,1-6H3,(H2,23,24,27). The second kappa shape index (κ2) is 10.0. The minimum Gasteiger partial charge on any atom is -0.460 e. The van der Waals surface area contributed by atoms with E-state index in [4.69, 9.17) is 4.74 Å². The molecule has 0 aliphatic rings. The van der Waals surface area contributed by atoms with Crippen LogP contribution in [0.4, 0.5) is 10.5 Å². The van der Waals surface area contributed by atoms with Crippen LogP contribution in [0.3, 0.4) is 0 Å². The molecule has 2 amide bonds. The molecule has 7 heteroatoms. The third-order valence-electron chi connectivity index (χ3n) is 3.90. The zero-order valence-corrected chi connectivity index (χ0v) is 19.1. The summed E-state index contributed by atoms with van der Waals surface area (Å²) >= 11 is 3.34. The van der Waals surface area contributed by atoms with E-state index >= 15 is 0 Å². The summed E-state index contributed by atoms with van der Waals surface area (Å²) in [7, 11) is 0. The van der Waals surface area contributed by atoms with Crippen molar-refractivity contribution in [3.8, 4) is 0 Å². The molecule has 2 N–H and O–H groups in total. The molecule has 0 aliphatic carbocycles. The maximum atomic E-state index is 12.8. The Balaban J connectivity index is 2.76. The predicted octanol–water partition coefficient (Wildman–Crippen LogP) is 5.07. The van der Waals surface area contributed by atoms with E-state index in [0.717, 1.165) is 4.47 Å². The van der Waals surface area contributed by atoms with Gasteiger partial charge in [0.15, 0.2) is 5.78 Å².